The van der Waals surface area contributed by atoms with Gasteiger partial charge in [0.2, 0.25) is 5.91 Å². The summed E-state index contributed by atoms with van der Waals surface area (Å²) >= 11 is 5.54. The molecule has 0 saturated heterocycles. The highest BCUT2D eigenvalue weighted by molar-refractivity contribution is 6.27. The minimum Gasteiger partial charge on any atom is -0.341 e. The van der Waals surface area contributed by atoms with E-state index in [4.69, 9.17) is 11.6 Å². The van der Waals surface area contributed by atoms with Crippen LogP contribution in [-0.2, 0) is 4.79 Å². The number of halogens is 1. The van der Waals surface area contributed by atoms with Crippen LogP contribution in [0.5, 0.6) is 0 Å². The standard InChI is InChI=1S/C10H16ClNO/c1-12(10(13)6-11)9-5-7-2-3-8(9)4-7/h7-9H,2-6H2,1H3. The Balaban J connectivity index is 1.98. The van der Waals surface area contributed by atoms with E-state index >= 15 is 0 Å². The van der Waals surface area contributed by atoms with E-state index in [2.05, 4.69) is 0 Å². The summed E-state index contributed by atoms with van der Waals surface area (Å²) in [6.45, 7) is 0. The van der Waals surface area contributed by atoms with Gasteiger partial charge in [-0.3, -0.25) is 4.79 Å². The highest BCUT2D eigenvalue weighted by Gasteiger charge is 2.42. The summed E-state index contributed by atoms with van der Waals surface area (Å²) < 4.78 is 0. The molecule has 0 spiro atoms. The predicted molar refractivity (Wildman–Crippen MR) is 52.7 cm³/mol. The van der Waals surface area contributed by atoms with Crippen molar-refractivity contribution in [2.45, 2.75) is 31.7 Å². The molecular formula is C10H16ClNO. The van der Waals surface area contributed by atoms with Crippen LogP contribution in [0.15, 0.2) is 0 Å². The average Bonchev–Trinajstić information content (AvgIpc) is 2.76. The topological polar surface area (TPSA) is 20.3 Å². The molecule has 0 aromatic carbocycles. The molecule has 0 heterocycles. The van der Waals surface area contributed by atoms with E-state index in [1.54, 1.807) is 0 Å². The fraction of sp³-hybridized carbons (Fsp3) is 0.900. The number of fused-ring (bicyclic) bond motifs is 2. The summed E-state index contributed by atoms with van der Waals surface area (Å²) in [6, 6.07) is 0.491. The molecule has 0 radical (unpaired) electrons. The Morgan fingerprint density at radius 1 is 1.46 bits per heavy atom. The lowest BCUT2D eigenvalue weighted by Crippen LogP contribution is -2.40. The van der Waals surface area contributed by atoms with Gasteiger partial charge in [-0.1, -0.05) is 6.42 Å². The second kappa shape index (κ2) is 3.49. The van der Waals surface area contributed by atoms with Crippen molar-refractivity contribution < 1.29 is 4.79 Å². The number of rotatable bonds is 2. The van der Waals surface area contributed by atoms with Crippen molar-refractivity contribution in [2.24, 2.45) is 11.8 Å². The molecule has 13 heavy (non-hydrogen) atoms. The van der Waals surface area contributed by atoms with Gasteiger partial charge in [-0.2, -0.15) is 0 Å². The van der Waals surface area contributed by atoms with E-state index in [-0.39, 0.29) is 11.8 Å². The summed E-state index contributed by atoms with van der Waals surface area (Å²) in [5.41, 5.74) is 0. The van der Waals surface area contributed by atoms with Crippen LogP contribution in [0.3, 0.4) is 0 Å². The minimum atomic E-state index is 0.0826. The first-order valence-electron chi connectivity index (χ1n) is 5.04. The molecule has 74 valence electrons. The Labute approximate surface area is 84.2 Å². The lowest BCUT2D eigenvalue weighted by atomic mass is 9.94. The Morgan fingerprint density at radius 2 is 2.23 bits per heavy atom. The number of carbonyl (C=O) groups excluding carboxylic acids is 1. The zero-order valence-electron chi connectivity index (χ0n) is 8.00. The zero-order valence-corrected chi connectivity index (χ0v) is 8.76. The normalized spacial score (nSPS) is 36.6. The minimum absolute atomic E-state index is 0.0826. The molecule has 2 aliphatic rings. The maximum absolute atomic E-state index is 11.4. The average molecular weight is 202 g/mol. The summed E-state index contributed by atoms with van der Waals surface area (Å²) in [6.07, 6.45) is 5.24. The van der Waals surface area contributed by atoms with E-state index in [9.17, 15) is 4.79 Å². The number of hydrogen-bond acceptors (Lipinski definition) is 1. The van der Waals surface area contributed by atoms with Gasteiger partial charge in [0.15, 0.2) is 0 Å². The molecule has 1 amide bonds. The molecule has 3 heteroatoms. The highest BCUT2D eigenvalue weighted by Crippen LogP contribution is 2.46. The second-order valence-electron chi connectivity index (χ2n) is 4.38. The van der Waals surface area contributed by atoms with Gasteiger partial charge < -0.3 is 4.90 Å². The van der Waals surface area contributed by atoms with Crippen molar-refractivity contribution in [1.82, 2.24) is 4.90 Å². The Bertz CT molecular complexity index is 219. The first kappa shape index (κ1) is 9.32. The molecule has 3 unspecified atom stereocenters. The van der Waals surface area contributed by atoms with Crippen LogP contribution in [-0.4, -0.2) is 29.8 Å². The molecular weight excluding hydrogens is 186 g/mol. The van der Waals surface area contributed by atoms with Gasteiger partial charge in [0, 0.05) is 13.1 Å². The molecule has 2 aliphatic carbocycles. The maximum atomic E-state index is 11.4. The quantitative estimate of drug-likeness (QED) is 0.625. The monoisotopic (exact) mass is 201 g/mol. The van der Waals surface area contributed by atoms with E-state index in [1.165, 1.54) is 25.7 Å². The predicted octanol–water partition coefficient (Wildman–Crippen LogP) is 1.87. The van der Waals surface area contributed by atoms with Gasteiger partial charge in [-0.05, 0) is 31.1 Å². The number of nitrogens with zero attached hydrogens (tertiary/aromatic N) is 1. The number of amides is 1. The fourth-order valence-electron chi connectivity index (χ4n) is 2.96. The summed E-state index contributed by atoms with van der Waals surface area (Å²) in [4.78, 5) is 13.2. The largest absolute Gasteiger partial charge is 0.341 e. The Hall–Kier alpha value is -0.240. The smallest absolute Gasteiger partial charge is 0.237 e. The molecule has 0 aliphatic heterocycles. The van der Waals surface area contributed by atoms with Gasteiger partial charge in [0.25, 0.3) is 0 Å². The third-order valence-corrected chi connectivity index (χ3v) is 3.93. The van der Waals surface area contributed by atoms with Crippen LogP contribution in [0.4, 0.5) is 0 Å². The van der Waals surface area contributed by atoms with Crippen molar-refractivity contribution >= 4 is 17.5 Å². The molecule has 0 N–H and O–H groups in total. The Kier molecular flexibility index (Phi) is 2.50. The Morgan fingerprint density at radius 3 is 2.69 bits per heavy atom. The number of carbonyl (C=O) groups is 1. The van der Waals surface area contributed by atoms with Crippen molar-refractivity contribution in [2.75, 3.05) is 12.9 Å². The van der Waals surface area contributed by atoms with E-state index in [1.807, 2.05) is 11.9 Å². The molecule has 0 aromatic heterocycles. The molecule has 0 aromatic rings. The van der Waals surface area contributed by atoms with Gasteiger partial charge in [0.1, 0.15) is 5.88 Å². The van der Waals surface area contributed by atoms with E-state index in [0.717, 1.165) is 11.8 Å². The molecule has 3 atom stereocenters. The molecule has 2 bridgehead atoms. The van der Waals surface area contributed by atoms with Crippen LogP contribution in [0.2, 0.25) is 0 Å². The van der Waals surface area contributed by atoms with Gasteiger partial charge in [0.05, 0.1) is 0 Å². The van der Waals surface area contributed by atoms with Crippen molar-refractivity contribution in [3.05, 3.63) is 0 Å². The SMILES string of the molecule is CN(C(=O)CCl)C1CC2CCC1C2. The van der Waals surface area contributed by atoms with Gasteiger partial charge in [-0.25, -0.2) is 0 Å². The molecule has 2 rings (SSSR count). The summed E-state index contributed by atoms with van der Waals surface area (Å²) in [7, 11) is 1.90. The van der Waals surface area contributed by atoms with Crippen LogP contribution in [0.1, 0.15) is 25.7 Å². The third-order valence-electron chi connectivity index (χ3n) is 3.71. The maximum Gasteiger partial charge on any atom is 0.237 e. The lowest BCUT2D eigenvalue weighted by molar-refractivity contribution is -0.130. The lowest BCUT2D eigenvalue weighted by Gasteiger charge is -2.31. The first-order valence-corrected chi connectivity index (χ1v) is 5.57. The van der Waals surface area contributed by atoms with Gasteiger partial charge >= 0.3 is 0 Å². The summed E-state index contributed by atoms with van der Waals surface area (Å²) in [5.74, 6) is 1.87. The molecule has 2 fully saturated rings. The van der Waals surface area contributed by atoms with Crippen molar-refractivity contribution in [1.29, 1.82) is 0 Å². The van der Waals surface area contributed by atoms with Crippen LogP contribution < -0.4 is 0 Å². The molecule has 2 saturated carbocycles. The third kappa shape index (κ3) is 1.56. The zero-order chi connectivity index (χ0) is 9.42. The van der Waals surface area contributed by atoms with Crippen molar-refractivity contribution in [3.63, 3.8) is 0 Å². The number of hydrogen-bond donors (Lipinski definition) is 0. The van der Waals surface area contributed by atoms with Crippen LogP contribution in [0.25, 0.3) is 0 Å². The van der Waals surface area contributed by atoms with E-state index < -0.39 is 0 Å². The van der Waals surface area contributed by atoms with Crippen LogP contribution >= 0.6 is 11.6 Å². The van der Waals surface area contributed by atoms with Crippen molar-refractivity contribution in [3.8, 4) is 0 Å². The van der Waals surface area contributed by atoms with Gasteiger partial charge in [-0.15, -0.1) is 11.6 Å². The summed E-state index contributed by atoms with van der Waals surface area (Å²) in [5, 5.41) is 0. The molecule has 2 nitrogen and oxygen atoms in total. The number of alkyl halides is 1. The second-order valence-corrected chi connectivity index (χ2v) is 4.65. The first-order chi connectivity index (χ1) is 6.22. The highest BCUT2D eigenvalue weighted by atomic mass is 35.5. The fourth-order valence-corrected chi connectivity index (χ4v) is 3.15. The van der Waals surface area contributed by atoms with Crippen LogP contribution in [0, 0.1) is 11.8 Å². The van der Waals surface area contributed by atoms with E-state index in [0.29, 0.717) is 6.04 Å².